The number of nitrogens with zero attached hydrogens (tertiary/aromatic N) is 2. The highest BCUT2D eigenvalue weighted by Gasteiger charge is 2.66. The predicted octanol–water partition coefficient (Wildman–Crippen LogP) is 1.70. The number of hydrogen-bond acceptors (Lipinski definition) is 4. The smallest absolute Gasteiger partial charge is 0.214 e. The van der Waals surface area contributed by atoms with Gasteiger partial charge in [-0.1, -0.05) is 13.3 Å². The standard InChI is InChI=1S/C20H36N4O3S/c1-3-14-28(25,26)24-11-6-15(7-12-24)22-19(21-4-2)23-17-16-8-13-27-18(16)20(17)9-5-10-20/h15-18H,3-14H2,1-2H3,(H2,21,22,23). The molecule has 1 spiro atoms. The molecule has 4 rings (SSSR count). The fraction of sp³-hybridized carbons (Fsp3) is 0.950. The van der Waals surface area contributed by atoms with Gasteiger partial charge in [-0.3, -0.25) is 4.99 Å². The van der Waals surface area contributed by atoms with Crippen molar-refractivity contribution in [3.05, 3.63) is 0 Å². The fourth-order valence-corrected chi connectivity index (χ4v) is 7.29. The van der Waals surface area contributed by atoms with E-state index in [1.165, 1.54) is 19.3 Å². The van der Waals surface area contributed by atoms with Crippen LogP contribution in [-0.2, 0) is 14.8 Å². The summed E-state index contributed by atoms with van der Waals surface area (Å²) in [6.07, 6.45) is 7.77. The molecule has 2 aliphatic heterocycles. The minimum Gasteiger partial charge on any atom is -0.377 e. The van der Waals surface area contributed by atoms with Crippen molar-refractivity contribution in [3.8, 4) is 0 Å². The highest BCUT2D eigenvalue weighted by molar-refractivity contribution is 7.89. The van der Waals surface area contributed by atoms with Gasteiger partial charge in [-0.2, -0.15) is 0 Å². The van der Waals surface area contributed by atoms with Crippen molar-refractivity contribution in [3.63, 3.8) is 0 Å². The van der Waals surface area contributed by atoms with Gasteiger partial charge in [0.25, 0.3) is 0 Å². The molecule has 4 aliphatic rings. The van der Waals surface area contributed by atoms with Crippen molar-refractivity contribution in [2.75, 3.05) is 32.0 Å². The van der Waals surface area contributed by atoms with Crippen LogP contribution in [0.2, 0.25) is 0 Å². The molecule has 2 aliphatic carbocycles. The van der Waals surface area contributed by atoms with Gasteiger partial charge >= 0.3 is 0 Å². The van der Waals surface area contributed by atoms with Crippen LogP contribution in [0.25, 0.3) is 0 Å². The summed E-state index contributed by atoms with van der Waals surface area (Å²) < 4.78 is 32.3. The minimum absolute atomic E-state index is 0.254. The Labute approximate surface area is 169 Å². The Balaban J connectivity index is 1.33. The van der Waals surface area contributed by atoms with E-state index >= 15 is 0 Å². The maximum absolute atomic E-state index is 12.3. The molecule has 7 nitrogen and oxygen atoms in total. The van der Waals surface area contributed by atoms with Gasteiger partial charge in [0.1, 0.15) is 0 Å². The summed E-state index contributed by atoms with van der Waals surface area (Å²) in [6, 6.07) is 0.746. The quantitative estimate of drug-likeness (QED) is 0.513. The first-order valence-corrected chi connectivity index (χ1v) is 12.8. The Morgan fingerprint density at radius 1 is 1.18 bits per heavy atom. The van der Waals surface area contributed by atoms with Crippen molar-refractivity contribution in [2.45, 2.75) is 77.0 Å². The summed E-state index contributed by atoms with van der Waals surface area (Å²) >= 11 is 0. The molecule has 2 saturated carbocycles. The number of fused-ring (bicyclic) bond motifs is 2. The van der Waals surface area contributed by atoms with Crippen LogP contribution in [0.3, 0.4) is 0 Å². The van der Waals surface area contributed by atoms with Gasteiger partial charge in [0.15, 0.2) is 5.96 Å². The van der Waals surface area contributed by atoms with Crippen molar-refractivity contribution < 1.29 is 13.2 Å². The summed E-state index contributed by atoms with van der Waals surface area (Å²) in [4.78, 5) is 4.70. The number of guanidine groups is 1. The highest BCUT2D eigenvalue weighted by Crippen LogP contribution is 2.62. The lowest BCUT2D eigenvalue weighted by atomic mass is 9.46. The maximum Gasteiger partial charge on any atom is 0.214 e. The lowest BCUT2D eigenvalue weighted by Crippen LogP contribution is -2.72. The molecule has 0 amide bonds. The van der Waals surface area contributed by atoms with E-state index in [1.807, 2.05) is 6.92 Å². The SMILES string of the molecule is CCCS(=O)(=O)N1CCC(NC(=NCC)NC2C3CCOC3C23CCC3)CC1. The minimum atomic E-state index is -3.08. The first-order chi connectivity index (χ1) is 13.5. The van der Waals surface area contributed by atoms with E-state index in [2.05, 4.69) is 17.6 Å². The van der Waals surface area contributed by atoms with E-state index in [0.29, 0.717) is 43.0 Å². The number of piperidine rings is 1. The van der Waals surface area contributed by atoms with E-state index in [4.69, 9.17) is 9.73 Å². The lowest BCUT2D eigenvalue weighted by molar-refractivity contribution is -0.171. The molecule has 0 bridgehead atoms. The highest BCUT2D eigenvalue weighted by atomic mass is 32.2. The van der Waals surface area contributed by atoms with Crippen molar-refractivity contribution >= 4 is 16.0 Å². The number of nitrogens with one attached hydrogen (secondary N) is 2. The fourth-order valence-electron chi connectivity index (χ4n) is 5.75. The Bertz CT molecular complexity index is 684. The second-order valence-electron chi connectivity index (χ2n) is 8.91. The van der Waals surface area contributed by atoms with Crippen molar-refractivity contribution in [2.24, 2.45) is 16.3 Å². The second-order valence-corrected chi connectivity index (χ2v) is 11.0. The lowest BCUT2D eigenvalue weighted by Gasteiger charge is -2.63. The van der Waals surface area contributed by atoms with E-state index < -0.39 is 10.0 Å². The van der Waals surface area contributed by atoms with Crippen molar-refractivity contribution in [1.82, 2.24) is 14.9 Å². The molecule has 28 heavy (non-hydrogen) atoms. The summed E-state index contributed by atoms with van der Waals surface area (Å²) in [5.74, 6) is 1.77. The number of hydrogen-bond donors (Lipinski definition) is 2. The monoisotopic (exact) mass is 412 g/mol. The van der Waals surface area contributed by atoms with Gasteiger partial charge in [-0.15, -0.1) is 0 Å². The second kappa shape index (κ2) is 8.11. The molecule has 2 saturated heterocycles. The molecular weight excluding hydrogens is 376 g/mol. The number of rotatable bonds is 6. The third-order valence-corrected chi connectivity index (χ3v) is 9.37. The average molecular weight is 413 g/mol. The Morgan fingerprint density at radius 2 is 1.93 bits per heavy atom. The average Bonchev–Trinajstić information content (AvgIpc) is 3.04. The van der Waals surface area contributed by atoms with Crippen LogP contribution >= 0.6 is 0 Å². The van der Waals surface area contributed by atoms with Crippen LogP contribution in [0, 0.1) is 11.3 Å². The maximum atomic E-state index is 12.3. The number of sulfonamides is 1. The zero-order valence-corrected chi connectivity index (χ0v) is 18.1. The van der Waals surface area contributed by atoms with E-state index in [-0.39, 0.29) is 11.8 Å². The molecule has 0 aromatic carbocycles. The molecule has 0 aromatic heterocycles. The molecule has 2 heterocycles. The van der Waals surface area contributed by atoms with Crippen LogP contribution in [0.4, 0.5) is 0 Å². The predicted molar refractivity (Wildman–Crippen MR) is 111 cm³/mol. The van der Waals surface area contributed by atoms with Gasteiger partial charge < -0.3 is 15.4 Å². The molecule has 0 radical (unpaired) electrons. The third kappa shape index (κ3) is 3.56. The zero-order valence-electron chi connectivity index (χ0n) is 17.3. The first kappa shape index (κ1) is 20.4. The van der Waals surface area contributed by atoms with Gasteiger partial charge in [0.2, 0.25) is 10.0 Å². The Morgan fingerprint density at radius 3 is 2.54 bits per heavy atom. The van der Waals surface area contributed by atoms with Gasteiger partial charge in [-0.05, 0) is 45.4 Å². The van der Waals surface area contributed by atoms with Crippen LogP contribution in [0.5, 0.6) is 0 Å². The summed E-state index contributed by atoms with van der Waals surface area (Å²) in [5, 5.41) is 7.36. The summed E-state index contributed by atoms with van der Waals surface area (Å²) in [7, 11) is -3.08. The van der Waals surface area contributed by atoms with Crippen LogP contribution < -0.4 is 10.6 Å². The Kier molecular flexibility index (Phi) is 5.91. The van der Waals surface area contributed by atoms with Crippen molar-refractivity contribution in [1.29, 1.82) is 0 Å². The summed E-state index contributed by atoms with van der Waals surface area (Å²) in [5.41, 5.74) is 0.328. The van der Waals surface area contributed by atoms with E-state index in [1.54, 1.807) is 4.31 Å². The summed E-state index contributed by atoms with van der Waals surface area (Å²) in [6.45, 7) is 6.82. The molecule has 3 atom stereocenters. The normalized spacial score (nSPS) is 33.2. The molecule has 160 valence electrons. The molecule has 0 aromatic rings. The van der Waals surface area contributed by atoms with Crippen LogP contribution in [0.15, 0.2) is 4.99 Å². The topological polar surface area (TPSA) is 83.0 Å². The van der Waals surface area contributed by atoms with E-state index in [9.17, 15) is 8.42 Å². The zero-order chi connectivity index (χ0) is 19.8. The van der Waals surface area contributed by atoms with Gasteiger partial charge in [0, 0.05) is 49.7 Å². The Hall–Kier alpha value is -0.860. The number of aliphatic imine (C=N–C) groups is 1. The third-order valence-electron chi connectivity index (χ3n) is 7.29. The molecule has 8 heteroatoms. The largest absolute Gasteiger partial charge is 0.377 e. The number of ether oxygens (including phenoxy) is 1. The van der Waals surface area contributed by atoms with Crippen LogP contribution in [0.1, 0.15) is 58.8 Å². The van der Waals surface area contributed by atoms with Crippen LogP contribution in [-0.4, -0.2) is 68.9 Å². The van der Waals surface area contributed by atoms with E-state index in [0.717, 1.165) is 38.4 Å². The molecule has 3 unspecified atom stereocenters. The van der Waals surface area contributed by atoms with Gasteiger partial charge in [0.05, 0.1) is 11.9 Å². The van der Waals surface area contributed by atoms with Gasteiger partial charge in [-0.25, -0.2) is 12.7 Å². The molecule has 2 N–H and O–H groups in total. The molecular formula is C20H36N4O3S. The molecule has 4 fully saturated rings. The first-order valence-electron chi connectivity index (χ1n) is 11.2.